The van der Waals surface area contributed by atoms with Crippen LogP contribution >= 0.6 is 11.6 Å². The average molecular weight is 285 g/mol. The third-order valence-electron chi connectivity index (χ3n) is 4.13. The average Bonchev–Trinajstić information content (AvgIpc) is 2.96. The molecule has 1 fully saturated rings. The fourth-order valence-corrected chi connectivity index (χ4v) is 3.41. The molecule has 19 heavy (non-hydrogen) atoms. The molecule has 0 bridgehead atoms. The summed E-state index contributed by atoms with van der Waals surface area (Å²) in [5.41, 5.74) is 1.93. The van der Waals surface area contributed by atoms with Gasteiger partial charge in [0.25, 0.3) is 0 Å². The lowest BCUT2D eigenvalue weighted by Gasteiger charge is -2.16. The van der Waals surface area contributed by atoms with Gasteiger partial charge in [0, 0.05) is 6.54 Å². The summed E-state index contributed by atoms with van der Waals surface area (Å²) in [7, 11) is 0. The molecule has 2 atom stereocenters. The van der Waals surface area contributed by atoms with Gasteiger partial charge in [0.15, 0.2) is 0 Å². The molecule has 1 aliphatic rings. The molecule has 0 radical (unpaired) electrons. The van der Waals surface area contributed by atoms with Gasteiger partial charge in [-0.05, 0) is 38.5 Å². The number of carbonyl (C=O) groups is 1. The minimum atomic E-state index is -0.670. The Hall–Kier alpha value is -1.03. The van der Waals surface area contributed by atoms with Crippen molar-refractivity contribution in [1.82, 2.24) is 9.78 Å². The van der Waals surface area contributed by atoms with Gasteiger partial charge in [-0.1, -0.05) is 24.9 Å². The second-order valence-corrected chi connectivity index (χ2v) is 5.59. The van der Waals surface area contributed by atoms with Crippen molar-refractivity contribution in [2.75, 3.05) is 0 Å². The highest BCUT2D eigenvalue weighted by atomic mass is 35.5. The van der Waals surface area contributed by atoms with Gasteiger partial charge in [-0.2, -0.15) is 5.10 Å². The highest BCUT2D eigenvalue weighted by Crippen LogP contribution is 2.36. The van der Waals surface area contributed by atoms with E-state index in [9.17, 15) is 9.90 Å². The molecule has 1 aromatic rings. The largest absolute Gasteiger partial charge is 0.481 e. The van der Waals surface area contributed by atoms with Crippen LogP contribution in [0.25, 0.3) is 0 Å². The number of aromatic nitrogens is 2. The molecule has 5 heteroatoms. The van der Waals surface area contributed by atoms with Crippen LogP contribution in [-0.2, 0) is 24.2 Å². The van der Waals surface area contributed by atoms with E-state index in [1.807, 2.05) is 18.5 Å². The Kier molecular flexibility index (Phi) is 4.50. The van der Waals surface area contributed by atoms with Crippen molar-refractivity contribution < 1.29 is 9.90 Å². The quantitative estimate of drug-likeness (QED) is 0.903. The first-order valence-electron chi connectivity index (χ1n) is 7.05. The number of hydrogen-bond acceptors (Lipinski definition) is 2. The van der Waals surface area contributed by atoms with E-state index < -0.39 is 5.97 Å². The summed E-state index contributed by atoms with van der Waals surface area (Å²) in [6, 6.07) is 0. The predicted molar refractivity (Wildman–Crippen MR) is 74.5 cm³/mol. The molecule has 0 spiro atoms. The van der Waals surface area contributed by atoms with Crippen LogP contribution < -0.4 is 0 Å². The van der Waals surface area contributed by atoms with E-state index >= 15 is 0 Å². The minimum Gasteiger partial charge on any atom is -0.481 e. The van der Waals surface area contributed by atoms with Crippen molar-refractivity contribution in [3.05, 3.63) is 16.4 Å². The zero-order valence-electron chi connectivity index (χ0n) is 11.5. The normalized spacial score (nSPS) is 22.9. The lowest BCUT2D eigenvalue weighted by atomic mass is 9.91. The molecule has 1 aromatic heterocycles. The van der Waals surface area contributed by atoms with Crippen LogP contribution in [0.3, 0.4) is 0 Å². The van der Waals surface area contributed by atoms with E-state index in [2.05, 4.69) is 5.10 Å². The van der Waals surface area contributed by atoms with Crippen LogP contribution in [0.1, 0.15) is 44.5 Å². The third-order valence-corrected chi connectivity index (χ3v) is 4.56. The molecule has 1 heterocycles. The molecule has 1 saturated carbocycles. The van der Waals surface area contributed by atoms with Crippen LogP contribution in [0.4, 0.5) is 0 Å². The lowest BCUT2D eigenvalue weighted by Crippen LogP contribution is -2.21. The van der Waals surface area contributed by atoms with Gasteiger partial charge in [0.2, 0.25) is 0 Å². The second-order valence-electron chi connectivity index (χ2n) is 5.22. The van der Waals surface area contributed by atoms with Crippen LogP contribution in [0.5, 0.6) is 0 Å². The van der Waals surface area contributed by atoms with Crippen molar-refractivity contribution in [3.8, 4) is 0 Å². The Labute approximate surface area is 118 Å². The van der Waals surface area contributed by atoms with Crippen LogP contribution in [0.15, 0.2) is 0 Å². The third kappa shape index (κ3) is 2.78. The van der Waals surface area contributed by atoms with Crippen LogP contribution in [-0.4, -0.2) is 20.9 Å². The SMILES string of the molecule is CCc1nn(CC)c(CC2CCCC2C(=O)O)c1Cl. The molecule has 1 aliphatic carbocycles. The smallest absolute Gasteiger partial charge is 0.306 e. The number of carboxylic acid groups (broad SMARTS) is 1. The van der Waals surface area contributed by atoms with E-state index in [0.717, 1.165) is 55.1 Å². The first kappa shape index (κ1) is 14.4. The molecule has 106 valence electrons. The monoisotopic (exact) mass is 284 g/mol. The zero-order valence-corrected chi connectivity index (χ0v) is 12.3. The topological polar surface area (TPSA) is 55.1 Å². The first-order chi connectivity index (χ1) is 9.08. The van der Waals surface area contributed by atoms with Gasteiger partial charge >= 0.3 is 5.97 Å². The number of hydrogen-bond donors (Lipinski definition) is 1. The number of aliphatic carboxylic acids is 1. The van der Waals surface area contributed by atoms with Gasteiger partial charge in [-0.15, -0.1) is 0 Å². The van der Waals surface area contributed by atoms with Crippen LogP contribution in [0, 0.1) is 11.8 Å². The second kappa shape index (κ2) is 5.95. The van der Waals surface area contributed by atoms with E-state index in [1.54, 1.807) is 0 Å². The van der Waals surface area contributed by atoms with Gasteiger partial charge < -0.3 is 5.11 Å². The van der Waals surface area contributed by atoms with E-state index in [1.165, 1.54) is 0 Å². The summed E-state index contributed by atoms with van der Waals surface area (Å²) in [5, 5.41) is 14.5. The molecular weight excluding hydrogens is 264 g/mol. The lowest BCUT2D eigenvalue weighted by molar-refractivity contribution is -0.142. The van der Waals surface area contributed by atoms with Crippen molar-refractivity contribution in [2.24, 2.45) is 11.8 Å². The van der Waals surface area contributed by atoms with Gasteiger partial charge in [-0.3, -0.25) is 9.48 Å². The number of carboxylic acids is 1. The van der Waals surface area contributed by atoms with Crippen molar-refractivity contribution in [2.45, 2.75) is 52.5 Å². The standard InChI is InChI=1S/C14H21ClN2O2/c1-3-11-13(15)12(17(4-2)16-11)8-9-6-5-7-10(9)14(18)19/h9-10H,3-8H2,1-2H3,(H,18,19). The number of aryl methyl sites for hydroxylation is 2. The van der Waals surface area contributed by atoms with Gasteiger partial charge in [-0.25, -0.2) is 0 Å². The Morgan fingerprint density at radius 1 is 1.47 bits per heavy atom. The number of nitrogens with zero attached hydrogens (tertiary/aromatic N) is 2. The molecule has 0 aromatic carbocycles. The maximum absolute atomic E-state index is 11.2. The summed E-state index contributed by atoms with van der Waals surface area (Å²) in [5.74, 6) is -0.694. The molecule has 0 aliphatic heterocycles. The Morgan fingerprint density at radius 2 is 2.21 bits per heavy atom. The summed E-state index contributed by atoms with van der Waals surface area (Å²) < 4.78 is 1.93. The molecule has 0 amide bonds. The minimum absolute atomic E-state index is 0.196. The van der Waals surface area contributed by atoms with Gasteiger partial charge in [0.05, 0.1) is 22.3 Å². The summed E-state index contributed by atoms with van der Waals surface area (Å²) in [4.78, 5) is 11.2. The van der Waals surface area contributed by atoms with Gasteiger partial charge in [0.1, 0.15) is 0 Å². The Bertz CT molecular complexity index is 470. The first-order valence-corrected chi connectivity index (χ1v) is 7.43. The maximum atomic E-state index is 11.2. The number of halogens is 1. The summed E-state index contributed by atoms with van der Waals surface area (Å²) in [6.07, 6.45) is 4.31. The van der Waals surface area contributed by atoms with Crippen molar-refractivity contribution >= 4 is 17.6 Å². The van der Waals surface area contributed by atoms with Crippen molar-refractivity contribution in [1.29, 1.82) is 0 Å². The highest BCUT2D eigenvalue weighted by molar-refractivity contribution is 6.31. The molecule has 2 unspecified atom stereocenters. The Balaban J connectivity index is 2.23. The number of rotatable bonds is 5. The molecule has 2 rings (SSSR count). The zero-order chi connectivity index (χ0) is 14.0. The molecule has 1 N–H and O–H groups in total. The van der Waals surface area contributed by atoms with E-state index in [-0.39, 0.29) is 11.8 Å². The fraction of sp³-hybridized carbons (Fsp3) is 0.714. The summed E-state index contributed by atoms with van der Waals surface area (Å²) >= 11 is 6.38. The van der Waals surface area contributed by atoms with E-state index in [4.69, 9.17) is 11.6 Å². The fourth-order valence-electron chi connectivity index (χ4n) is 3.07. The molecule has 4 nitrogen and oxygen atoms in total. The van der Waals surface area contributed by atoms with E-state index in [0.29, 0.717) is 0 Å². The van der Waals surface area contributed by atoms with Crippen molar-refractivity contribution in [3.63, 3.8) is 0 Å². The Morgan fingerprint density at radius 3 is 2.79 bits per heavy atom. The molecule has 0 saturated heterocycles. The molecular formula is C14H21ClN2O2. The maximum Gasteiger partial charge on any atom is 0.306 e. The summed E-state index contributed by atoms with van der Waals surface area (Å²) in [6.45, 7) is 4.85. The van der Waals surface area contributed by atoms with Crippen LogP contribution in [0.2, 0.25) is 5.02 Å². The predicted octanol–water partition coefficient (Wildman–Crippen LogP) is 3.16. The highest BCUT2D eigenvalue weighted by Gasteiger charge is 2.34.